The molecule has 1 aromatic rings. The topological polar surface area (TPSA) is 41.6 Å². The van der Waals surface area contributed by atoms with Crippen molar-refractivity contribution in [2.45, 2.75) is 0 Å². The molecule has 0 aliphatic carbocycles. The highest BCUT2D eigenvalue weighted by molar-refractivity contribution is 9.10. The van der Waals surface area contributed by atoms with Crippen molar-refractivity contribution < 1.29 is 9.53 Å². The van der Waals surface area contributed by atoms with E-state index in [0.717, 1.165) is 11.0 Å². The molecule has 5 heteroatoms. The second kappa shape index (κ2) is 6.61. The summed E-state index contributed by atoms with van der Waals surface area (Å²) in [7, 11) is 5.23. The number of hydrogen-bond donors (Lipinski definition) is 1. The standard InChI is InChI=1S/C12H17BrN2O2/c1-14-6-7-15(2)12(16)10-8-9(17-3)4-5-11(10)13/h4-5,8,14H,6-7H2,1-3H3. The highest BCUT2D eigenvalue weighted by atomic mass is 79.9. The molecule has 1 N–H and O–H groups in total. The van der Waals surface area contributed by atoms with Gasteiger partial charge in [0.05, 0.1) is 12.7 Å². The van der Waals surface area contributed by atoms with Crippen molar-refractivity contribution in [3.8, 4) is 5.75 Å². The van der Waals surface area contributed by atoms with Crippen molar-refractivity contribution in [3.05, 3.63) is 28.2 Å². The lowest BCUT2D eigenvalue weighted by molar-refractivity contribution is 0.0795. The van der Waals surface area contributed by atoms with Crippen LogP contribution in [0.1, 0.15) is 10.4 Å². The molecule has 0 saturated carbocycles. The Morgan fingerprint density at radius 2 is 2.24 bits per heavy atom. The van der Waals surface area contributed by atoms with E-state index in [1.165, 1.54) is 0 Å². The average molecular weight is 301 g/mol. The number of carbonyl (C=O) groups is 1. The largest absolute Gasteiger partial charge is 0.497 e. The number of rotatable bonds is 5. The number of nitrogens with one attached hydrogen (secondary N) is 1. The molecular weight excluding hydrogens is 284 g/mol. The van der Waals surface area contributed by atoms with Crippen LogP contribution in [0.5, 0.6) is 5.75 Å². The molecule has 1 amide bonds. The van der Waals surface area contributed by atoms with E-state index in [0.29, 0.717) is 17.9 Å². The van der Waals surface area contributed by atoms with Crippen molar-refractivity contribution >= 4 is 21.8 Å². The van der Waals surface area contributed by atoms with E-state index >= 15 is 0 Å². The highest BCUT2D eigenvalue weighted by Crippen LogP contribution is 2.23. The summed E-state index contributed by atoms with van der Waals surface area (Å²) in [6.07, 6.45) is 0. The third-order valence-electron chi connectivity index (χ3n) is 2.45. The lowest BCUT2D eigenvalue weighted by Gasteiger charge is -2.18. The van der Waals surface area contributed by atoms with E-state index in [2.05, 4.69) is 21.2 Å². The van der Waals surface area contributed by atoms with Crippen molar-refractivity contribution in [2.24, 2.45) is 0 Å². The number of amides is 1. The average Bonchev–Trinajstić information content (AvgIpc) is 2.35. The molecule has 4 nitrogen and oxygen atoms in total. The summed E-state index contributed by atoms with van der Waals surface area (Å²) < 4.78 is 5.89. The third-order valence-corrected chi connectivity index (χ3v) is 3.14. The summed E-state index contributed by atoms with van der Waals surface area (Å²) in [5, 5.41) is 3.01. The molecule has 17 heavy (non-hydrogen) atoms. The summed E-state index contributed by atoms with van der Waals surface area (Å²) in [5.74, 6) is 0.657. The van der Waals surface area contributed by atoms with Gasteiger partial charge in [-0.05, 0) is 41.2 Å². The zero-order valence-corrected chi connectivity index (χ0v) is 11.9. The normalized spacial score (nSPS) is 10.1. The first-order chi connectivity index (χ1) is 8.10. The Kier molecular flexibility index (Phi) is 5.44. The number of hydrogen-bond acceptors (Lipinski definition) is 3. The van der Waals surface area contributed by atoms with Crippen molar-refractivity contribution in [3.63, 3.8) is 0 Å². The van der Waals surface area contributed by atoms with Crippen LogP contribution in [-0.2, 0) is 0 Å². The second-order valence-electron chi connectivity index (χ2n) is 3.68. The highest BCUT2D eigenvalue weighted by Gasteiger charge is 2.15. The lowest BCUT2D eigenvalue weighted by atomic mass is 10.2. The van der Waals surface area contributed by atoms with Gasteiger partial charge in [0, 0.05) is 24.6 Å². The van der Waals surface area contributed by atoms with Crippen molar-refractivity contribution in [1.29, 1.82) is 0 Å². The van der Waals surface area contributed by atoms with Crippen LogP contribution >= 0.6 is 15.9 Å². The van der Waals surface area contributed by atoms with Gasteiger partial charge in [0.25, 0.3) is 5.91 Å². The number of halogens is 1. The Morgan fingerprint density at radius 3 is 2.82 bits per heavy atom. The number of carbonyl (C=O) groups excluding carboxylic acids is 1. The first kappa shape index (κ1) is 14.0. The summed E-state index contributed by atoms with van der Waals surface area (Å²) in [5.41, 5.74) is 0.614. The Hall–Kier alpha value is -1.07. The summed E-state index contributed by atoms with van der Waals surface area (Å²) in [6, 6.07) is 5.37. The Bertz CT molecular complexity index is 396. The minimum Gasteiger partial charge on any atom is -0.497 e. The lowest BCUT2D eigenvalue weighted by Crippen LogP contribution is -2.32. The fourth-order valence-electron chi connectivity index (χ4n) is 1.38. The van der Waals surface area contributed by atoms with Crippen LogP contribution in [0.2, 0.25) is 0 Å². The fourth-order valence-corrected chi connectivity index (χ4v) is 1.80. The van der Waals surface area contributed by atoms with Gasteiger partial charge in [-0.3, -0.25) is 4.79 Å². The van der Waals surface area contributed by atoms with E-state index in [1.54, 1.807) is 25.1 Å². The number of benzene rings is 1. The van der Waals surface area contributed by atoms with Crippen LogP contribution in [-0.4, -0.2) is 45.1 Å². The number of ether oxygens (including phenoxy) is 1. The molecule has 0 radical (unpaired) electrons. The van der Waals surface area contributed by atoms with Crippen LogP contribution in [0, 0.1) is 0 Å². The van der Waals surface area contributed by atoms with Gasteiger partial charge < -0.3 is 15.0 Å². The maximum atomic E-state index is 12.2. The molecule has 1 rings (SSSR count). The molecule has 0 aliphatic heterocycles. The molecule has 0 spiro atoms. The molecule has 0 saturated heterocycles. The first-order valence-corrected chi connectivity index (χ1v) is 6.13. The molecule has 1 aromatic carbocycles. The quantitative estimate of drug-likeness (QED) is 0.901. The summed E-state index contributed by atoms with van der Waals surface area (Å²) in [6.45, 7) is 1.43. The van der Waals surface area contributed by atoms with E-state index in [9.17, 15) is 4.79 Å². The van der Waals surface area contributed by atoms with Crippen molar-refractivity contribution in [2.75, 3.05) is 34.3 Å². The summed E-state index contributed by atoms with van der Waals surface area (Å²) >= 11 is 3.38. The first-order valence-electron chi connectivity index (χ1n) is 5.33. The van der Waals surface area contributed by atoms with E-state index < -0.39 is 0 Å². The maximum Gasteiger partial charge on any atom is 0.254 e. The number of likely N-dealkylation sites (N-methyl/N-ethyl adjacent to an activating group) is 2. The predicted molar refractivity (Wildman–Crippen MR) is 71.6 cm³/mol. The number of nitrogens with zero attached hydrogens (tertiary/aromatic N) is 1. The predicted octanol–water partition coefficient (Wildman–Crippen LogP) is 1.75. The monoisotopic (exact) mass is 300 g/mol. The van der Waals surface area contributed by atoms with Crippen LogP contribution in [0.3, 0.4) is 0 Å². The Labute approximate surface area is 110 Å². The zero-order valence-electron chi connectivity index (χ0n) is 10.3. The molecule has 0 aromatic heterocycles. The van der Waals surface area contributed by atoms with Gasteiger partial charge in [0.15, 0.2) is 0 Å². The van der Waals surface area contributed by atoms with E-state index in [1.807, 2.05) is 19.2 Å². The molecule has 0 fully saturated rings. The van der Waals surface area contributed by atoms with Crippen LogP contribution in [0.4, 0.5) is 0 Å². The molecule has 0 bridgehead atoms. The van der Waals surface area contributed by atoms with Gasteiger partial charge in [-0.25, -0.2) is 0 Å². The number of methoxy groups -OCH3 is 1. The van der Waals surface area contributed by atoms with Gasteiger partial charge in [-0.2, -0.15) is 0 Å². The molecule has 0 atom stereocenters. The van der Waals surface area contributed by atoms with Gasteiger partial charge in [-0.1, -0.05) is 0 Å². The minimum absolute atomic E-state index is 0.0222. The molecule has 0 heterocycles. The van der Waals surface area contributed by atoms with E-state index in [-0.39, 0.29) is 5.91 Å². The fraction of sp³-hybridized carbons (Fsp3) is 0.417. The van der Waals surface area contributed by atoms with Crippen LogP contribution in [0.25, 0.3) is 0 Å². The van der Waals surface area contributed by atoms with E-state index in [4.69, 9.17) is 4.74 Å². The summed E-state index contributed by atoms with van der Waals surface area (Å²) in [4.78, 5) is 13.8. The minimum atomic E-state index is -0.0222. The molecule has 94 valence electrons. The molecular formula is C12H17BrN2O2. The molecule has 0 unspecified atom stereocenters. The third kappa shape index (κ3) is 3.71. The van der Waals surface area contributed by atoms with Gasteiger partial charge >= 0.3 is 0 Å². The zero-order chi connectivity index (χ0) is 12.8. The van der Waals surface area contributed by atoms with Gasteiger partial charge in [-0.15, -0.1) is 0 Å². The Morgan fingerprint density at radius 1 is 1.53 bits per heavy atom. The van der Waals surface area contributed by atoms with Crippen molar-refractivity contribution in [1.82, 2.24) is 10.2 Å². The SMILES string of the molecule is CNCCN(C)C(=O)c1cc(OC)ccc1Br. The van der Waals surface area contributed by atoms with Gasteiger partial charge in [0.1, 0.15) is 5.75 Å². The Balaban J connectivity index is 2.87. The smallest absolute Gasteiger partial charge is 0.254 e. The molecule has 0 aliphatic rings. The van der Waals surface area contributed by atoms with Crippen LogP contribution in [0.15, 0.2) is 22.7 Å². The van der Waals surface area contributed by atoms with Crippen LogP contribution < -0.4 is 10.1 Å². The maximum absolute atomic E-state index is 12.2. The second-order valence-corrected chi connectivity index (χ2v) is 4.53. The van der Waals surface area contributed by atoms with Gasteiger partial charge in [0.2, 0.25) is 0 Å².